The molecule has 1 N–H and O–H groups in total. The average molecular weight is 336 g/mol. The summed E-state index contributed by atoms with van der Waals surface area (Å²) in [5.41, 5.74) is 0.543. The van der Waals surface area contributed by atoms with Gasteiger partial charge in [0.1, 0.15) is 5.82 Å². The lowest BCUT2D eigenvalue weighted by Gasteiger charge is -2.12. The maximum Gasteiger partial charge on any atom is 0.240 e. The molecule has 0 saturated heterocycles. The van der Waals surface area contributed by atoms with Crippen molar-refractivity contribution in [3.63, 3.8) is 0 Å². The predicted molar refractivity (Wildman–Crippen MR) is 71.8 cm³/mol. The highest BCUT2D eigenvalue weighted by molar-refractivity contribution is 9.09. The topological polar surface area (TPSA) is 46.2 Å². The molecule has 0 aromatic heterocycles. The third kappa shape index (κ3) is 3.30. The summed E-state index contributed by atoms with van der Waals surface area (Å²) in [7, 11) is -3.63. The van der Waals surface area contributed by atoms with Crippen molar-refractivity contribution >= 4 is 26.0 Å². The molecule has 1 aliphatic rings. The van der Waals surface area contributed by atoms with Gasteiger partial charge in [0.05, 0.1) is 4.90 Å². The fourth-order valence-electron chi connectivity index (χ4n) is 1.76. The Kier molecular flexibility index (Phi) is 4.08. The van der Waals surface area contributed by atoms with Crippen molar-refractivity contribution in [1.82, 2.24) is 4.72 Å². The number of nitrogens with one attached hydrogen (secondary N) is 1. The third-order valence-electron chi connectivity index (χ3n) is 3.04. The quantitative estimate of drug-likeness (QED) is 0.840. The van der Waals surface area contributed by atoms with Crippen molar-refractivity contribution in [1.29, 1.82) is 0 Å². The van der Waals surface area contributed by atoms with Gasteiger partial charge in [0.25, 0.3) is 0 Å². The van der Waals surface area contributed by atoms with Crippen molar-refractivity contribution in [3.05, 3.63) is 29.6 Å². The smallest absolute Gasteiger partial charge is 0.210 e. The van der Waals surface area contributed by atoms with Crippen molar-refractivity contribution in [2.45, 2.75) is 29.5 Å². The van der Waals surface area contributed by atoms with Crippen LogP contribution in [-0.4, -0.2) is 19.8 Å². The van der Waals surface area contributed by atoms with Gasteiger partial charge in [-0.2, -0.15) is 0 Å². The molecular weight excluding hydrogens is 321 g/mol. The van der Waals surface area contributed by atoms with E-state index in [4.69, 9.17) is 0 Å². The molecule has 1 aromatic carbocycles. The minimum absolute atomic E-state index is 0.0120. The number of aryl methyl sites for hydroxylation is 1. The Hall–Kier alpha value is -0.460. The molecule has 1 atom stereocenters. The number of alkyl halides is 1. The first-order valence-electron chi connectivity index (χ1n) is 5.80. The zero-order valence-electron chi connectivity index (χ0n) is 9.99. The van der Waals surface area contributed by atoms with Crippen molar-refractivity contribution < 1.29 is 12.8 Å². The van der Waals surface area contributed by atoms with Crippen LogP contribution in [0.3, 0.4) is 0 Å². The highest BCUT2D eigenvalue weighted by atomic mass is 79.9. The fourth-order valence-corrected chi connectivity index (χ4v) is 3.97. The van der Waals surface area contributed by atoms with Crippen LogP contribution in [0.1, 0.15) is 18.4 Å². The lowest BCUT2D eigenvalue weighted by atomic mass is 10.2. The molecule has 3 nitrogen and oxygen atoms in total. The number of halogens is 2. The maximum atomic E-state index is 13.1. The highest BCUT2D eigenvalue weighted by Crippen LogP contribution is 2.36. The maximum absolute atomic E-state index is 13.1. The average Bonchev–Trinajstić information content (AvgIpc) is 3.13. The molecule has 2 rings (SSSR count). The summed E-state index contributed by atoms with van der Waals surface area (Å²) in [6.45, 7) is 1.99. The van der Waals surface area contributed by atoms with Crippen LogP contribution in [0.5, 0.6) is 0 Å². The minimum atomic E-state index is -3.63. The van der Waals surface area contributed by atoms with Crippen LogP contribution in [0.2, 0.25) is 0 Å². The molecule has 0 bridgehead atoms. The second kappa shape index (κ2) is 5.27. The number of rotatable bonds is 5. The standard InChI is InChI=1S/C12H15BrFNO2S/c1-8-2-5-10(14)6-12(8)18(16,17)15-7-11(13)9-3-4-9/h2,5-6,9,11,15H,3-4,7H2,1H3. The van der Waals surface area contributed by atoms with E-state index in [0.717, 1.165) is 18.9 Å². The molecule has 0 radical (unpaired) electrons. The zero-order chi connectivity index (χ0) is 13.3. The molecule has 0 spiro atoms. The molecule has 6 heteroatoms. The van der Waals surface area contributed by atoms with Gasteiger partial charge in [-0.1, -0.05) is 22.0 Å². The van der Waals surface area contributed by atoms with Crippen LogP contribution in [0.25, 0.3) is 0 Å². The van der Waals surface area contributed by atoms with Gasteiger partial charge in [-0.25, -0.2) is 17.5 Å². The molecular formula is C12H15BrFNO2S. The normalized spacial score (nSPS) is 17.7. The van der Waals surface area contributed by atoms with E-state index in [2.05, 4.69) is 20.7 Å². The van der Waals surface area contributed by atoms with Crippen LogP contribution in [0, 0.1) is 18.7 Å². The van der Waals surface area contributed by atoms with Gasteiger partial charge in [-0.15, -0.1) is 0 Å². The van der Waals surface area contributed by atoms with Crippen LogP contribution >= 0.6 is 15.9 Å². The van der Waals surface area contributed by atoms with Crippen molar-refractivity contribution in [3.8, 4) is 0 Å². The number of sulfonamides is 1. The second-order valence-corrected chi connectivity index (χ2v) is 7.53. The first kappa shape index (κ1) is 14.0. The molecule has 1 unspecified atom stereocenters. The van der Waals surface area contributed by atoms with Crippen molar-refractivity contribution in [2.75, 3.05) is 6.54 Å². The Balaban J connectivity index is 2.11. The van der Waals surface area contributed by atoms with E-state index in [1.807, 2.05) is 0 Å². The summed E-state index contributed by atoms with van der Waals surface area (Å²) < 4.78 is 39.7. The first-order chi connectivity index (χ1) is 8.40. The van der Waals surface area contributed by atoms with Crippen LogP contribution in [-0.2, 0) is 10.0 Å². The molecule has 1 saturated carbocycles. The Morgan fingerprint density at radius 2 is 2.17 bits per heavy atom. The van der Waals surface area contributed by atoms with E-state index in [-0.39, 0.29) is 9.72 Å². The molecule has 0 amide bonds. The Morgan fingerprint density at radius 1 is 1.50 bits per heavy atom. The van der Waals surface area contributed by atoms with E-state index in [0.29, 0.717) is 18.0 Å². The van der Waals surface area contributed by atoms with Gasteiger partial charge in [0, 0.05) is 11.4 Å². The second-order valence-electron chi connectivity index (χ2n) is 4.62. The highest BCUT2D eigenvalue weighted by Gasteiger charge is 2.30. The van der Waals surface area contributed by atoms with Crippen LogP contribution in [0.15, 0.2) is 23.1 Å². The molecule has 100 valence electrons. The Labute approximate surface area is 115 Å². The SMILES string of the molecule is Cc1ccc(F)cc1S(=O)(=O)NCC(Br)C1CC1. The van der Waals surface area contributed by atoms with E-state index >= 15 is 0 Å². The molecule has 0 heterocycles. The summed E-state index contributed by atoms with van der Waals surface area (Å²) in [6.07, 6.45) is 2.27. The van der Waals surface area contributed by atoms with Gasteiger partial charge in [-0.3, -0.25) is 0 Å². The third-order valence-corrected chi connectivity index (χ3v) is 5.68. The number of benzene rings is 1. The molecule has 0 aliphatic heterocycles. The summed E-state index contributed by atoms with van der Waals surface area (Å²) in [6, 6.07) is 3.78. The lowest BCUT2D eigenvalue weighted by Crippen LogP contribution is -2.31. The van der Waals surface area contributed by atoms with Crippen LogP contribution < -0.4 is 4.72 Å². The van der Waals surface area contributed by atoms with Gasteiger partial charge in [0.2, 0.25) is 10.0 Å². The zero-order valence-corrected chi connectivity index (χ0v) is 12.4. The van der Waals surface area contributed by atoms with Crippen molar-refractivity contribution in [2.24, 2.45) is 5.92 Å². The van der Waals surface area contributed by atoms with E-state index < -0.39 is 15.8 Å². The molecule has 1 fully saturated rings. The summed E-state index contributed by atoms with van der Waals surface area (Å²) in [4.78, 5) is 0.166. The summed E-state index contributed by atoms with van der Waals surface area (Å²) in [5, 5.41) is 0. The van der Waals surface area contributed by atoms with Gasteiger partial charge < -0.3 is 0 Å². The molecule has 1 aromatic rings. The number of hydrogen-bond acceptors (Lipinski definition) is 2. The van der Waals surface area contributed by atoms with Gasteiger partial charge in [-0.05, 0) is 43.4 Å². The van der Waals surface area contributed by atoms with E-state index in [9.17, 15) is 12.8 Å². The van der Waals surface area contributed by atoms with Gasteiger partial charge in [0.15, 0.2) is 0 Å². The first-order valence-corrected chi connectivity index (χ1v) is 8.20. The van der Waals surface area contributed by atoms with E-state index in [1.165, 1.54) is 12.1 Å². The summed E-state index contributed by atoms with van der Waals surface area (Å²) >= 11 is 3.46. The summed E-state index contributed by atoms with van der Waals surface area (Å²) in [5.74, 6) is 0.0138. The molecule has 1 aliphatic carbocycles. The monoisotopic (exact) mass is 335 g/mol. The fraction of sp³-hybridized carbons (Fsp3) is 0.500. The largest absolute Gasteiger partial charge is 0.240 e. The van der Waals surface area contributed by atoms with E-state index in [1.54, 1.807) is 6.92 Å². The minimum Gasteiger partial charge on any atom is -0.210 e. The molecule has 18 heavy (non-hydrogen) atoms. The lowest BCUT2D eigenvalue weighted by molar-refractivity contribution is 0.573. The Morgan fingerprint density at radius 3 is 2.78 bits per heavy atom. The Bertz CT molecular complexity index is 543. The number of hydrogen-bond donors (Lipinski definition) is 1. The van der Waals surface area contributed by atoms with Crippen LogP contribution in [0.4, 0.5) is 4.39 Å². The van der Waals surface area contributed by atoms with Gasteiger partial charge >= 0.3 is 0 Å². The predicted octanol–water partition coefficient (Wildman–Crippen LogP) is 2.59.